The Kier molecular flexibility index (Phi) is 2.76. The highest BCUT2D eigenvalue weighted by molar-refractivity contribution is 5.31. The summed E-state index contributed by atoms with van der Waals surface area (Å²) in [6.07, 6.45) is 5.88. The Labute approximate surface area is 102 Å². The molecule has 1 aromatic rings. The molecule has 1 heterocycles. The van der Waals surface area contributed by atoms with Gasteiger partial charge in [0.25, 0.3) is 0 Å². The molecule has 3 atom stereocenters. The Balaban J connectivity index is 1.85. The number of nitrogens with one attached hydrogen (secondary N) is 1. The molecule has 2 aliphatic rings. The Morgan fingerprint density at radius 2 is 2.24 bits per heavy atom. The summed E-state index contributed by atoms with van der Waals surface area (Å²) in [5.41, 5.74) is 3.90. The first-order chi connectivity index (χ1) is 8.36. The Hall–Kier alpha value is -1.13. The maximum Gasteiger partial charge on any atom is 0.142 e. The predicted molar refractivity (Wildman–Crippen MR) is 65.2 cm³/mol. The van der Waals surface area contributed by atoms with Gasteiger partial charge in [0.1, 0.15) is 11.4 Å². The van der Waals surface area contributed by atoms with Gasteiger partial charge < -0.3 is 4.74 Å². The molecule has 4 heteroatoms. The van der Waals surface area contributed by atoms with Gasteiger partial charge in [0.2, 0.25) is 0 Å². The van der Waals surface area contributed by atoms with Crippen LogP contribution in [0, 0.1) is 17.8 Å². The van der Waals surface area contributed by atoms with Crippen LogP contribution in [0.2, 0.25) is 0 Å². The van der Waals surface area contributed by atoms with Crippen LogP contribution in [-0.2, 0) is 0 Å². The van der Waals surface area contributed by atoms with Crippen LogP contribution in [0.15, 0.2) is 18.3 Å². The molecule has 0 radical (unpaired) electrons. The molecule has 1 aromatic heterocycles. The molecule has 92 valence electrons. The third-order valence-corrected chi connectivity index (χ3v) is 4.35. The quantitative estimate of drug-likeness (QED) is 0.613. The van der Waals surface area contributed by atoms with E-state index in [0.29, 0.717) is 5.92 Å². The first-order valence-corrected chi connectivity index (χ1v) is 6.32. The fourth-order valence-electron chi connectivity index (χ4n) is 3.55. The fraction of sp³-hybridized carbons (Fsp3) is 0.615. The van der Waals surface area contributed by atoms with Gasteiger partial charge in [-0.3, -0.25) is 16.3 Å². The molecule has 0 spiro atoms. The topological polar surface area (TPSA) is 60.2 Å². The number of rotatable bonds is 4. The summed E-state index contributed by atoms with van der Waals surface area (Å²) in [6.45, 7) is 0. The Bertz CT molecular complexity index is 399. The highest BCUT2D eigenvalue weighted by atomic mass is 16.5. The maximum atomic E-state index is 5.73. The highest BCUT2D eigenvalue weighted by Crippen LogP contribution is 2.62. The normalized spacial score (nSPS) is 32.0. The second-order valence-corrected chi connectivity index (χ2v) is 5.07. The van der Waals surface area contributed by atoms with E-state index < -0.39 is 0 Å². The van der Waals surface area contributed by atoms with Crippen molar-refractivity contribution < 1.29 is 4.74 Å². The summed E-state index contributed by atoms with van der Waals surface area (Å²) >= 11 is 0. The van der Waals surface area contributed by atoms with Crippen molar-refractivity contribution in [1.82, 2.24) is 10.4 Å². The van der Waals surface area contributed by atoms with Gasteiger partial charge in [-0.05, 0) is 42.7 Å². The number of hydrogen-bond acceptors (Lipinski definition) is 4. The molecular formula is C13H19N3O. The van der Waals surface area contributed by atoms with Crippen LogP contribution in [0.5, 0.6) is 5.75 Å². The van der Waals surface area contributed by atoms with Crippen LogP contribution in [0.4, 0.5) is 0 Å². The highest BCUT2D eigenvalue weighted by Gasteiger charge is 2.56. The molecule has 3 unspecified atom stereocenters. The number of fused-ring (bicyclic) bond motifs is 1. The summed E-state index contributed by atoms with van der Waals surface area (Å²) in [5.74, 6) is 8.91. The van der Waals surface area contributed by atoms with Gasteiger partial charge in [-0.25, -0.2) is 0 Å². The van der Waals surface area contributed by atoms with Crippen molar-refractivity contribution in [1.29, 1.82) is 0 Å². The number of nitrogens with two attached hydrogens (primary N) is 1. The van der Waals surface area contributed by atoms with Crippen molar-refractivity contribution in [3.63, 3.8) is 0 Å². The zero-order chi connectivity index (χ0) is 11.8. The number of pyridine rings is 1. The van der Waals surface area contributed by atoms with E-state index in [1.54, 1.807) is 13.3 Å². The van der Waals surface area contributed by atoms with E-state index in [-0.39, 0.29) is 6.04 Å². The van der Waals surface area contributed by atoms with Crippen LogP contribution in [-0.4, -0.2) is 12.1 Å². The van der Waals surface area contributed by atoms with Gasteiger partial charge in [0.15, 0.2) is 0 Å². The Morgan fingerprint density at radius 1 is 1.47 bits per heavy atom. The van der Waals surface area contributed by atoms with E-state index in [0.717, 1.165) is 23.3 Å². The SMILES string of the molecule is COc1cccnc1C(NN)C1C2CCCC21. The fourth-order valence-corrected chi connectivity index (χ4v) is 3.55. The van der Waals surface area contributed by atoms with Crippen LogP contribution < -0.4 is 16.0 Å². The van der Waals surface area contributed by atoms with Crippen molar-refractivity contribution in [3.8, 4) is 5.75 Å². The minimum absolute atomic E-state index is 0.140. The first-order valence-electron chi connectivity index (χ1n) is 6.32. The average molecular weight is 233 g/mol. The number of hydrogen-bond donors (Lipinski definition) is 2. The average Bonchev–Trinajstić information content (AvgIpc) is 2.85. The molecule has 3 rings (SSSR count). The van der Waals surface area contributed by atoms with Gasteiger partial charge in [-0.1, -0.05) is 6.42 Å². The lowest BCUT2D eigenvalue weighted by Crippen LogP contribution is -2.31. The lowest BCUT2D eigenvalue weighted by Gasteiger charge is -2.19. The van der Waals surface area contributed by atoms with Gasteiger partial charge in [-0.15, -0.1) is 0 Å². The molecule has 0 aliphatic heterocycles. The third kappa shape index (κ3) is 1.72. The smallest absolute Gasteiger partial charge is 0.142 e. The standard InChI is InChI=1S/C13H19N3O/c1-17-10-6-3-7-15-12(10)13(16-14)11-8-4-2-5-9(8)11/h3,6-9,11,13,16H,2,4-5,14H2,1H3. The van der Waals surface area contributed by atoms with E-state index >= 15 is 0 Å². The van der Waals surface area contributed by atoms with Crippen molar-refractivity contribution >= 4 is 0 Å². The van der Waals surface area contributed by atoms with Gasteiger partial charge in [-0.2, -0.15) is 0 Å². The van der Waals surface area contributed by atoms with Gasteiger partial charge in [0.05, 0.1) is 13.2 Å². The largest absolute Gasteiger partial charge is 0.495 e. The second kappa shape index (κ2) is 4.27. The van der Waals surface area contributed by atoms with E-state index in [1.807, 2.05) is 12.1 Å². The second-order valence-electron chi connectivity index (χ2n) is 5.07. The van der Waals surface area contributed by atoms with E-state index in [2.05, 4.69) is 10.4 Å². The molecule has 2 saturated carbocycles. The van der Waals surface area contributed by atoms with Crippen molar-refractivity contribution in [2.24, 2.45) is 23.6 Å². The van der Waals surface area contributed by atoms with Gasteiger partial charge >= 0.3 is 0 Å². The van der Waals surface area contributed by atoms with Crippen LogP contribution in [0.3, 0.4) is 0 Å². The number of nitrogens with zero attached hydrogens (tertiary/aromatic N) is 1. The molecule has 0 aromatic carbocycles. The van der Waals surface area contributed by atoms with Crippen LogP contribution >= 0.6 is 0 Å². The molecule has 4 nitrogen and oxygen atoms in total. The molecule has 0 bridgehead atoms. The number of hydrazine groups is 1. The van der Waals surface area contributed by atoms with Crippen molar-refractivity contribution in [2.45, 2.75) is 25.3 Å². The Morgan fingerprint density at radius 3 is 2.88 bits per heavy atom. The summed E-state index contributed by atoms with van der Waals surface area (Å²) in [5, 5.41) is 0. The van der Waals surface area contributed by atoms with E-state index in [1.165, 1.54) is 19.3 Å². The minimum atomic E-state index is 0.140. The molecule has 3 N–H and O–H groups in total. The number of aromatic nitrogens is 1. The predicted octanol–water partition coefficient (Wildman–Crippen LogP) is 1.64. The molecule has 0 saturated heterocycles. The first kappa shape index (κ1) is 11.0. The molecule has 0 amide bonds. The van der Waals surface area contributed by atoms with Crippen LogP contribution in [0.1, 0.15) is 31.0 Å². The summed E-state index contributed by atoms with van der Waals surface area (Å²) in [4.78, 5) is 4.44. The third-order valence-electron chi connectivity index (χ3n) is 4.35. The molecule has 17 heavy (non-hydrogen) atoms. The van der Waals surface area contributed by atoms with Gasteiger partial charge in [0, 0.05) is 6.20 Å². The maximum absolute atomic E-state index is 5.73. The monoisotopic (exact) mass is 233 g/mol. The zero-order valence-corrected chi connectivity index (χ0v) is 10.1. The zero-order valence-electron chi connectivity index (χ0n) is 10.1. The van der Waals surface area contributed by atoms with Crippen molar-refractivity contribution in [2.75, 3.05) is 7.11 Å². The molecule has 2 aliphatic carbocycles. The number of methoxy groups -OCH3 is 1. The lowest BCUT2D eigenvalue weighted by atomic mass is 10.0. The summed E-state index contributed by atoms with van der Waals surface area (Å²) < 4.78 is 5.37. The van der Waals surface area contributed by atoms with E-state index in [4.69, 9.17) is 10.6 Å². The molecule has 2 fully saturated rings. The minimum Gasteiger partial charge on any atom is -0.495 e. The van der Waals surface area contributed by atoms with Crippen molar-refractivity contribution in [3.05, 3.63) is 24.0 Å². The van der Waals surface area contributed by atoms with Crippen LogP contribution in [0.25, 0.3) is 0 Å². The summed E-state index contributed by atoms with van der Waals surface area (Å²) in [7, 11) is 1.68. The molecular weight excluding hydrogens is 214 g/mol. The lowest BCUT2D eigenvalue weighted by molar-refractivity contribution is 0.370. The number of ether oxygens (including phenoxy) is 1. The summed E-state index contributed by atoms with van der Waals surface area (Å²) in [6, 6.07) is 3.98. The van der Waals surface area contributed by atoms with E-state index in [9.17, 15) is 0 Å².